The molecule has 4 rings (SSSR count). The number of hydrogen-bond donors (Lipinski definition) is 2. The van der Waals surface area contributed by atoms with Crippen LogP contribution in [0.3, 0.4) is 0 Å². The van der Waals surface area contributed by atoms with Crippen LogP contribution < -0.4 is 10.6 Å². The summed E-state index contributed by atoms with van der Waals surface area (Å²) in [7, 11) is 0. The second-order valence-electron chi connectivity index (χ2n) is 7.31. The Hall–Kier alpha value is -3.37. The van der Waals surface area contributed by atoms with Crippen molar-refractivity contribution in [3.63, 3.8) is 0 Å². The van der Waals surface area contributed by atoms with Crippen LogP contribution in [0, 0.1) is 11.7 Å². The molecule has 2 heterocycles. The Kier molecular flexibility index (Phi) is 8.67. The third-order valence-electron chi connectivity index (χ3n) is 5.01. The smallest absolute Gasteiger partial charge is 0.276 e. The van der Waals surface area contributed by atoms with Gasteiger partial charge in [-0.25, -0.2) is 4.39 Å². The number of amides is 2. The topological polar surface area (TPSA) is 122 Å². The molecule has 0 fully saturated rings. The highest BCUT2D eigenvalue weighted by atomic mass is 35.5. The Bertz CT molecular complexity index is 1190. The van der Waals surface area contributed by atoms with Crippen LogP contribution in [0.2, 0.25) is 5.02 Å². The zero-order chi connectivity index (χ0) is 23.2. The number of hydrogen-bond acceptors (Lipinski definition) is 7. The normalized spacial score (nSPS) is 16.3. The largest absolute Gasteiger partial charge is 0.368 e. The Morgan fingerprint density at radius 2 is 2.06 bits per heavy atom. The van der Waals surface area contributed by atoms with E-state index in [1.165, 1.54) is 12.1 Å². The highest BCUT2D eigenvalue weighted by molar-refractivity contribution is 6.31. The third kappa shape index (κ3) is 5.95. The molecule has 178 valence electrons. The molecule has 0 bridgehead atoms. The zero-order valence-electron chi connectivity index (χ0n) is 17.8. The Morgan fingerprint density at radius 3 is 2.91 bits per heavy atom. The van der Waals surface area contributed by atoms with Crippen molar-refractivity contribution in [1.29, 1.82) is 0 Å². The van der Waals surface area contributed by atoms with Gasteiger partial charge >= 0.3 is 0 Å². The van der Waals surface area contributed by atoms with E-state index >= 15 is 0 Å². The number of carbonyl (C=O) groups is 2. The lowest BCUT2D eigenvalue weighted by molar-refractivity contribution is -0.121. The van der Waals surface area contributed by atoms with E-state index in [0.29, 0.717) is 25.3 Å². The van der Waals surface area contributed by atoms with E-state index in [1.54, 1.807) is 12.1 Å². The molecule has 1 aromatic heterocycles. The van der Waals surface area contributed by atoms with Gasteiger partial charge in [0.15, 0.2) is 11.6 Å². The van der Waals surface area contributed by atoms with Gasteiger partial charge < -0.3 is 15.2 Å². The van der Waals surface area contributed by atoms with Crippen molar-refractivity contribution in [2.24, 2.45) is 16.1 Å². The van der Waals surface area contributed by atoms with Crippen molar-refractivity contribution in [2.75, 3.05) is 13.1 Å². The van der Waals surface area contributed by atoms with Crippen molar-refractivity contribution < 1.29 is 18.5 Å². The number of benzene rings is 1. The SMILES string of the molecule is Cl.O=C(CCc1nc(-c2cccc(Cl)c2F)no1)NCCCNC1=C2C=CC=CC2C(=O)N=N1. The summed E-state index contributed by atoms with van der Waals surface area (Å²) in [5.74, 6) is -0.592. The molecule has 1 atom stereocenters. The fraction of sp³-hybridized carbons (Fsp3) is 0.273. The summed E-state index contributed by atoms with van der Waals surface area (Å²) in [6.45, 7) is 1.00. The van der Waals surface area contributed by atoms with Crippen molar-refractivity contribution in [1.82, 2.24) is 20.8 Å². The van der Waals surface area contributed by atoms with Gasteiger partial charge in [-0.15, -0.1) is 22.6 Å². The number of allylic oxidation sites excluding steroid dienone is 3. The molecule has 2 aromatic rings. The highest BCUT2D eigenvalue weighted by Crippen LogP contribution is 2.27. The van der Waals surface area contributed by atoms with E-state index in [4.69, 9.17) is 16.1 Å². The fourth-order valence-corrected chi connectivity index (χ4v) is 3.49. The van der Waals surface area contributed by atoms with Crippen molar-refractivity contribution in [2.45, 2.75) is 19.3 Å². The lowest BCUT2D eigenvalue weighted by Gasteiger charge is -2.20. The first-order chi connectivity index (χ1) is 16.0. The van der Waals surface area contributed by atoms with Gasteiger partial charge in [0.1, 0.15) is 0 Å². The maximum atomic E-state index is 14.1. The molecule has 1 aromatic carbocycles. The van der Waals surface area contributed by atoms with Gasteiger partial charge in [0.25, 0.3) is 5.91 Å². The third-order valence-corrected chi connectivity index (χ3v) is 5.30. The molecular weight excluding hydrogens is 486 g/mol. The quantitative estimate of drug-likeness (QED) is 0.496. The van der Waals surface area contributed by atoms with Crippen LogP contribution in [0.25, 0.3) is 11.4 Å². The monoisotopic (exact) mass is 506 g/mol. The Balaban J connectivity index is 0.00000324. The van der Waals surface area contributed by atoms with Gasteiger partial charge in [0.05, 0.1) is 16.5 Å². The van der Waals surface area contributed by atoms with Gasteiger partial charge in [-0.1, -0.05) is 47.1 Å². The minimum absolute atomic E-state index is 0. The Labute approximate surface area is 205 Å². The first kappa shape index (κ1) is 25.3. The maximum Gasteiger partial charge on any atom is 0.276 e. The number of rotatable bonds is 9. The van der Waals surface area contributed by atoms with Crippen LogP contribution in [0.5, 0.6) is 0 Å². The maximum absolute atomic E-state index is 14.1. The summed E-state index contributed by atoms with van der Waals surface area (Å²) < 4.78 is 19.2. The van der Waals surface area contributed by atoms with Gasteiger partial charge in [-0.3, -0.25) is 9.59 Å². The molecule has 9 nitrogen and oxygen atoms in total. The average Bonchev–Trinajstić information content (AvgIpc) is 3.29. The molecule has 2 N–H and O–H groups in total. The van der Waals surface area contributed by atoms with Gasteiger partial charge in [-0.2, -0.15) is 4.98 Å². The number of aryl methyl sites for hydroxylation is 1. The molecule has 12 heteroatoms. The van der Waals surface area contributed by atoms with Crippen LogP contribution in [0.1, 0.15) is 18.7 Å². The molecule has 1 unspecified atom stereocenters. The lowest BCUT2D eigenvalue weighted by atomic mass is 9.93. The zero-order valence-corrected chi connectivity index (χ0v) is 19.4. The van der Waals surface area contributed by atoms with Gasteiger partial charge in [0.2, 0.25) is 17.6 Å². The van der Waals surface area contributed by atoms with Crippen LogP contribution >= 0.6 is 24.0 Å². The number of carbonyl (C=O) groups excluding carboxylic acids is 2. The molecular formula is C22H21Cl2FN6O3. The lowest BCUT2D eigenvalue weighted by Crippen LogP contribution is -2.28. The molecule has 2 amide bonds. The molecule has 34 heavy (non-hydrogen) atoms. The number of nitrogens with zero attached hydrogens (tertiary/aromatic N) is 4. The van der Waals surface area contributed by atoms with E-state index in [0.717, 1.165) is 5.57 Å². The average molecular weight is 507 g/mol. The van der Waals surface area contributed by atoms with Crippen LogP contribution in [0.4, 0.5) is 4.39 Å². The predicted octanol–water partition coefficient (Wildman–Crippen LogP) is 3.93. The van der Waals surface area contributed by atoms with Crippen molar-refractivity contribution in [3.8, 4) is 11.4 Å². The molecule has 0 saturated heterocycles. The summed E-state index contributed by atoms with van der Waals surface area (Å²) in [6.07, 6.45) is 8.31. The Morgan fingerprint density at radius 1 is 1.21 bits per heavy atom. The first-order valence-electron chi connectivity index (χ1n) is 10.3. The molecule has 0 spiro atoms. The molecule has 0 saturated carbocycles. The van der Waals surface area contributed by atoms with E-state index in [1.807, 2.05) is 18.2 Å². The number of halogens is 3. The standard InChI is InChI=1S/C22H20ClFN6O3.ClH/c23-16-8-3-7-15(19(16)24)21-27-18(33-30-21)10-9-17(31)25-11-4-12-26-20-13-5-1-2-6-14(13)22(32)29-28-20;/h1-3,5-8,14,26H,4,9-12H2,(H,25,31);1H. The van der Waals surface area contributed by atoms with E-state index < -0.39 is 11.7 Å². The van der Waals surface area contributed by atoms with Crippen LogP contribution in [-0.2, 0) is 16.0 Å². The van der Waals surface area contributed by atoms with E-state index in [2.05, 4.69) is 31.0 Å². The molecule has 1 aliphatic carbocycles. The number of fused-ring (bicyclic) bond motifs is 1. The van der Waals surface area contributed by atoms with Crippen molar-refractivity contribution in [3.05, 3.63) is 70.6 Å². The predicted molar refractivity (Wildman–Crippen MR) is 125 cm³/mol. The second-order valence-corrected chi connectivity index (χ2v) is 7.71. The summed E-state index contributed by atoms with van der Waals surface area (Å²) in [4.78, 5) is 28.0. The minimum Gasteiger partial charge on any atom is -0.368 e. The minimum atomic E-state index is -0.623. The summed E-state index contributed by atoms with van der Waals surface area (Å²) in [6, 6.07) is 4.52. The summed E-state index contributed by atoms with van der Waals surface area (Å²) in [5, 5.41) is 17.3. The fourth-order valence-electron chi connectivity index (χ4n) is 3.31. The van der Waals surface area contributed by atoms with Gasteiger partial charge in [-0.05, 0) is 18.6 Å². The second kappa shape index (κ2) is 11.7. The molecule has 0 radical (unpaired) electrons. The van der Waals surface area contributed by atoms with Crippen molar-refractivity contribution >= 4 is 35.8 Å². The van der Waals surface area contributed by atoms with Crippen LogP contribution in [0.15, 0.2) is 68.6 Å². The molecule has 1 aliphatic heterocycles. The van der Waals surface area contributed by atoms with E-state index in [9.17, 15) is 14.0 Å². The highest BCUT2D eigenvalue weighted by Gasteiger charge is 2.27. The first-order valence-corrected chi connectivity index (χ1v) is 10.7. The summed E-state index contributed by atoms with van der Waals surface area (Å²) >= 11 is 5.77. The molecule has 2 aliphatic rings. The summed E-state index contributed by atoms with van der Waals surface area (Å²) in [5.41, 5.74) is 0.927. The van der Waals surface area contributed by atoms with E-state index in [-0.39, 0.29) is 59.4 Å². The number of azo groups is 1. The number of aromatic nitrogens is 2. The van der Waals surface area contributed by atoms with Crippen LogP contribution in [-0.4, -0.2) is 35.0 Å². The van der Waals surface area contributed by atoms with Gasteiger partial charge in [0, 0.05) is 31.5 Å². The number of nitrogens with one attached hydrogen (secondary N) is 2.